The van der Waals surface area contributed by atoms with E-state index in [1.54, 1.807) is 0 Å². The third kappa shape index (κ3) is 2.73. The van der Waals surface area contributed by atoms with E-state index < -0.39 is 23.0 Å². The van der Waals surface area contributed by atoms with Crippen molar-refractivity contribution < 1.29 is 20.4 Å². The highest BCUT2D eigenvalue weighted by atomic mass is 16.3. The highest BCUT2D eigenvalue weighted by molar-refractivity contribution is 6.36. The summed E-state index contributed by atoms with van der Waals surface area (Å²) in [6, 6.07) is 0.338. The van der Waals surface area contributed by atoms with Crippen LogP contribution in [0.5, 0.6) is 23.0 Å². The van der Waals surface area contributed by atoms with Gasteiger partial charge in [-0.25, -0.2) is 0 Å². The number of benzene rings is 1. The van der Waals surface area contributed by atoms with Crippen LogP contribution in [0, 0.1) is 0 Å². The van der Waals surface area contributed by atoms with Gasteiger partial charge in [0.1, 0.15) is 13.6 Å². The summed E-state index contributed by atoms with van der Waals surface area (Å²) >= 11 is 0. The molecule has 0 aromatic heterocycles. The van der Waals surface area contributed by atoms with Gasteiger partial charge in [0.05, 0.1) is 5.56 Å². The lowest BCUT2D eigenvalue weighted by atomic mass is 9.90. The zero-order valence-electron chi connectivity index (χ0n) is 10.7. The van der Waals surface area contributed by atoms with E-state index in [-0.39, 0.29) is 17.6 Å². The lowest BCUT2D eigenvalue weighted by molar-refractivity contribution is 0.346. The summed E-state index contributed by atoms with van der Waals surface area (Å²) in [5.74, 6) is -2.32. The third-order valence-electron chi connectivity index (χ3n) is 3.70. The second kappa shape index (κ2) is 5.61. The molecule has 5 nitrogen and oxygen atoms in total. The van der Waals surface area contributed by atoms with Crippen LogP contribution in [-0.4, -0.2) is 34.3 Å². The molecule has 1 aromatic carbocycles. The van der Waals surface area contributed by atoms with Crippen LogP contribution in [0.2, 0.25) is 0 Å². The van der Waals surface area contributed by atoms with E-state index in [4.69, 9.17) is 7.85 Å². The van der Waals surface area contributed by atoms with Gasteiger partial charge in [-0.1, -0.05) is 19.3 Å². The van der Waals surface area contributed by atoms with Crippen LogP contribution in [0.4, 0.5) is 0 Å². The zero-order chi connectivity index (χ0) is 14.0. The number of rotatable bonds is 3. The van der Waals surface area contributed by atoms with Crippen LogP contribution in [0.15, 0.2) is 0 Å². The van der Waals surface area contributed by atoms with Gasteiger partial charge in [0, 0.05) is 12.6 Å². The Balaban J connectivity index is 2.15. The van der Waals surface area contributed by atoms with E-state index in [0.717, 1.165) is 12.8 Å². The van der Waals surface area contributed by atoms with Crippen molar-refractivity contribution in [3.8, 4) is 23.0 Å². The van der Waals surface area contributed by atoms with Gasteiger partial charge in [0.2, 0.25) is 0 Å². The largest absolute Gasteiger partial charge is 0.508 e. The average molecular weight is 263 g/mol. The molecule has 0 bridgehead atoms. The number of aromatic hydroxyl groups is 4. The maximum absolute atomic E-state index is 9.82. The molecule has 0 aliphatic heterocycles. The van der Waals surface area contributed by atoms with Crippen molar-refractivity contribution in [2.24, 2.45) is 0 Å². The molecule has 1 fully saturated rings. The standard InChI is InChI=1S/C13H18BNO4/c14-9-10(16)8(11(17)13(19)12(9)18)6-15-7-4-2-1-3-5-7/h7,15-19H,1-6H2. The minimum absolute atomic E-state index is 0.110. The fourth-order valence-corrected chi connectivity index (χ4v) is 2.49. The minimum atomic E-state index is -0.698. The van der Waals surface area contributed by atoms with Gasteiger partial charge in [-0.2, -0.15) is 0 Å². The molecule has 0 atom stereocenters. The highest BCUT2D eigenvalue weighted by Gasteiger charge is 2.21. The normalized spacial score (nSPS) is 16.6. The first kappa shape index (κ1) is 13.9. The van der Waals surface area contributed by atoms with Crippen molar-refractivity contribution in [1.82, 2.24) is 5.32 Å². The average Bonchev–Trinajstić information content (AvgIpc) is 2.44. The van der Waals surface area contributed by atoms with Gasteiger partial charge in [-0.05, 0) is 18.3 Å². The number of nitrogens with one attached hydrogen (secondary N) is 1. The molecule has 1 aliphatic carbocycles. The molecule has 0 spiro atoms. The maximum Gasteiger partial charge on any atom is 0.200 e. The van der Waals surface area contributed by atoms with E-state index >= 15 is 0 Å². The molecule has 1 aromatic rings. The van der Waals surface area contributed by atoms with Gasteiger partial charge in [-0.3, -0.25) is 0 Å². The Morgan fingerprint density at radius 2 is 1.53 bits per heavy atom. The topological polar surface area (TPSA) is 93.0 Å². The predicted molar refractivity (Wildman–Crippen MR) is 72.2 cm³/mol. The summed E-state index contributed by atoms with van der Waals surface area (Å²) in [5.41, 5.74) is -0.214. The Kier molecular flexibility index (Phi) is 4.09. The van der Waals surface area contributed by atoms with Gasteiger partial charge in [0.25, 0.3) is 0 Å². The van der Waals surface area contributed by atoms with Crippen LogP contribution in [0.1, 0.15) is 37.7 Å². The lowest BCUT2D eigenvalue weighted by Crippen LogP contribution is -2.30. The fraction of sp³-hybridized carbons (Fsp3) is 0.538. The highest BCUT2D eigenvalue weighted by Crippen LogP contribution is 2.40. The minimum Gasteiger partial charge on any atom is -0.508 e. The summed E-state index contributed by atoms with van der Waals surface area (Å²) in [7, 11) is 5.46. The van der Waals surface area contributed by atoms with Crippen LogP contribution < -0.4 is 10.8 Å². The van der Waals surface area contributed by atoms with Crippen molar-refractivity contribution in [1.29, 1.82) is 0 Å². The zero-order valence-corrected chi connectivity index (χ0v) is 10.7. The first-order chi connectivity index (χ1) is 9.02. The van der Waals surface area contributed by atoms with E-state index in [2.05, 4.69) is 5.32 Å². The summed E-state index contributed by atoms with van der Waals surface area (Å²) in [6.45, 7) is 0.195. The molecule has 2 rings (SSSR count). The summed E-state index contributed by atoms with van der Waals surface area (Å²) < 4.78 is 0. The van der Waals surface area contributed by atoms with Gasteiger partial charge in [-0.15, -0.1) is 0 Å². The monoisotopic (exact) mass is 263 g/mol. The van der Waals surface area contributed by atoms with Crippen LogP contribution >= 0.6 is 0 Å². The predicted octanol–water partition coefficient (Wildman–Crippen LogP) is 0.725. The Bertz CT molecular complexity index is 443. The molecule has 5 N–H and O–H groups in total. The first-order valence-corrected chi connectivity index (χ1v) is 6.50. The van der Waals surface area contributed by atoms with E-state index in [1.807, 2.05) is 0 Å². The number of phenols is 4. The maximum atomic E-state index is 9.82. The summed E-state index contributed by atoms with van der Waals surface area (Å²) in [4.78, 5) is 0. The molecule has 19 heavy (non-hydrogen) atoms. The quantitative estimate of drug-likeness (QED) is 0.315. The Morgan fingerprint density at radius 1 is 0.895 bits per heavy atom. The lowest BCUT2D eigenvalue weighted by Gasteiger charge is -2.23. The van der Waals surface area contributed by atoms with Crippen LogP contribution in [0.3, 0.4) is 0 Å². The molecule has 102 valence electrons. The molecular weight excluding hydrogens is 245 g/mol. The Labute approximate surface area is 113 Å². The number of phenolic OH excluding ortho intramolecular Hbond substituents is 4. The van der Waals surface area contributed by atoms with Crippen molar-refractivity contribution >= 4 is 13.3 Å². The van der Waals surface area contributed by atoms with Crippen molar-refractivity contribution in [3.05, 3.63) is 5.56 Å². The van der Waals surface area contributed by atoms with Gasteiger partial charge < -0.3 is 25.7 Å². The number of hydrogen-bond acceptors (Lipinski definition) is 5. The molecule has 0 saturated heterocycles. The van der Waals surface area contributed by atoms with Gasteiger partial charge in [0.15, 0.2) is 17.2 Å². The van der Waals surface area contributed by atoms with Crippen LogP contribution in [-0.2, 0) is 6.54 Å². The van der Waals surface area contributed by atoms with E-state index in [0.29, 0.717) is 6.04 Å². The second-order valence-corrected chi connectivity index (χ2v) is 5.00. The smallest absolute Gasteiger partial charge is 0.200 e. The SMILES string of the molecule is [B]c1c(O)c(O)c(O)c(CNC2CCCCC2)c1O. The summed E-state index contributed by atoms with van der Waals surface area (Å²) in [6.07, 6.45) is 5.68. The van der Waals surface area contributed by atoms with Crippen molar-refractivity contribution in [2.45, 2.75) is 44.7 Å². The van der Waals surface area contributed by atoms with Gasteiger partial charge >= 0.3 is 0 Å². The molecule has 0 amide bonds. The fourth-order valence-electron chi connectivity index (χ4n) is 2.49. The molecule has 6 heteroatoms. The van der Waals surface area contributed by atoms with Crippen molar-refractivity contribution in [2.75, 3.05) is 0 Å². The Hall–Kier alpha value is -1.56. The second-order valence-electron chi connectivity index (χ2n) is 5.00. The molecule has 0 unspecified atom stereocenters. The molecular formula is C13H18BNO4. The molecule has 1 aliphatic rings. The first-order valence-electron chi connectivity index (χ1n) is 6.50. The third-order valence-corrected chi connectivity index (χ3v) is 3.70. The Morgan fingerprint density at radius 3 is 2.16 bits per heavy atom. The molecule has 0 heterocycles. The number of hydrogen-bond donors (Lipinski definition) is 5. The molecule has 1 saturated carbocycles. The summed E-state index contributed by atoms with van der Waals surface area (Å²) in [5, 5.41) is 41.7. The van der Waals surface area contributed by atoms with E-state index in [9.17, 15) is 20.4 Å². The van der Waals surface area contributed by atoms with E-state index in [1.165, 1.54) is 19.3 Å². The molecule has 2 radical (unpaired) electrons. The van der Waals surface area contributed by atoms with Crippen LogP contribution in [0.25, 0.3) is 0 Å². The van der Waals surface area contributed by atoms with Crippen molar-refractivity contribution in [3.63, 3.8) is 0 Å².